The molecule has 1 amide bonds. The van der Waals surface area contributed by atoms with Crippen molar-refractivity contribution in [3.63, 3.8) is 0 Å². The molecule has 0 N–H and O–H groups in total. The summed E-state index contributed by atoms with van der Waals surface area (Å²) in [5.74, 6) is 0. The molecule has 4 rings (SSSR count). The van der Waals surface area contributed by atoms with Crippen LogP contribution in [0.25, 0.3) is 10.9 Å². The van der Waals surface area contributed by atoms with Gasteiger partial charge in [0.25, 0.3) is 6.10 Å². The lowest BCUT2D eigenvalue weighted by Gasteiger charge is -2.45. The smallest absolute Gasteiger partial charge is 0.426 e. The summed E-state index contributed by atoms with van der Waals surface area (Å²) < 4.78 is 80.2. The Kier molecular flexibility index (Phi) is 6.63. The molecule has 2 aliphatic rings. The predicted molar refractivity (Wildman–Crippen MR) is 112 cm³/mol. The molecule has 0 saturated carbocycles. The van der Waals surface area contributed by atoms with Gasteiger partial charge in [-0.15, -0.1) is 0 Å². The second-order valence-corrected chi connectivity index (χ2v) is 9.10. The van der Waals surface area contributed by atoms with Gasteiger partial charge in [-0.05, 0) is 44.4 Å². The van der Waals surface area contributed by atoms with Gasteiger partial charge in [0.1, 0.15) is 0 Å². The monoisotopic (exact) mass is 509 g/mol. The molecule has 0 atom stereocenters. The van der Waals surface area contributed by atoms with Crippen LogP contribution in [-0.2, 0) is 11.3 Å². The maximum absolute atomic E-state index is 12.7. The summed E-state index contributed by atoms with van der Waals surface area (Å²) in [6.45, 7) is 1.32. The Hall–Kier alpha value is -2.27. The number of piperidine rings is 1. The number of likely N-dealkylation sites (tertiary alicyclic amines) is 2. The molecule has 0 unspecified atom stereocenters. The van der Waals surface area contributed by atoms with Crippen LogP contribution >= 0.6 is 11.6 Å². The van der Waals surface area contributed by atoms with E-state index in [0.29, 0.717) is 29.9 Å². The molecule has 34 heavy (non-hydrogen) atoms. The van der Waals surface area contributed by atoms with Crippen LogP contribution in [0.2, 0.25) is 5.02 Å². The van der Waals surface area contributed by atoms with Gasteiger partial charge >= 0.3 is 18.4 Å². The third-order valence-corrected chi connectivity index (χ3v) is 6.89. The number of carbonyl (C=O) groups is 1. The number of alkyl halides is 6. The fourth-order valence-electron chi connectivity index (χ4n) is 4.84. The van der Waals surface area contributed by atoms with Gasteiger partial charge in [0.2, 0.25) is 0 Å². The van der Waals surface area contributed by atoms with Crippen molar-refractivity contribution in [2.45, 2.75) is 56.2 Å². The molecular weight excluding hydrogens is 488 g/mol. The largest absolute Gasteiger partial charge is 0.434 e. The number of para-hydroxylation sites is 1. The van der Waals surface area contributed by atoms with E-state index in [9.17, 15) is 31.1 Å². The summed E-state index contributed by atoms with van der Waals surface area (Å²) in [5, 5.41) is 1.45. The molecule has 2 fully saturated rings. The van der Waals surface area contributed by atoms with E-state index in [1.165, 1.54) is 0 Å². The number of ether oxygens (including phenoxy) is 1. The van der Waals surface area contributed by atoms with Crippen LogP contribution in [0.4, 0.5) is 31.1 Å². The van der Waals surface area contributed by atoms with Crippen molar-refractivity contribution < 1.29 is 35.9 Å². The second kappa shape index (κ2) is 9.07. The van der Waals surface area contributed by atoms with Crippen molar-refractivity contribution >= 4 is 28.6 Å². The highest BCUT2D eigenvalue weighted by Gasteiger charge is 2.60. The van der Waals surface area contributed by atoms with E-state index in [2.05, 4.69) is 14.6 Å². The standard InChI is InChI=1S/C22H22ClF6N3O2/c23-16-4-1-3-14-5-6-15(30-17(14)16)13-32-10-2-7-20(32)8-11-31(12-9-20)19(33)34-18(21(24,25)26)22(27,28)29/h1,3-6,18H,2,7-13H2. The zero-order valence-corrected chi connectivity index (χ0v) is 18.7. The van der Waals surface area contributed by atoms with Gasteiger partial charge in [0.05, 0.1) is 16.2 Å². The first-order chi connectivity index (χ1) is 15.9. The molecule has 1 aromatic heterocycles. The second-order valence-electron chi connectivity index (χ2n) is 8.70. The van der Waals surface area contributed by atoms with Crippen molar-refractivity contribution in [2.75, 3.05) is 19.6 Å². The van der Waals surface area contributed by atoms with Crippen LogP contribution in [0, 0.1) is 0 Å². The minimum absolute atomic E-state index is 0.00868. The van der Waals surface area contributed by atoms with E-state index in [1.54, 1.807) is 6.07 Å². The Morgan fingerprint density at radius 2 is 1.71 bits per heavy atom. The predicted octanol–water partition coefficient (Wildman–Crippen LogP) is 5.95. The van der Waals surface area contributed by atoms with Gasteiger partial charge in [0.15, 0.2) is 0 Å². The van der Waals surface area contributed by atoms with Crippen LogP contribution in [0.5, 0.6) is 0 Å². The number of rotatable bonds is 3. The fraction of sp³-hybridized carbons (Fsp3) is 0.545. The number of pyridine rings is 1. The molecule has 3 heterocycles. The normalized spacial score (nSPS) is 19.4. The Balaban J connectivity index is 1.42. The number of halogens is 7. The summed E-state index contributed by atoms with van der Waals surface area (Å²) >= 11 is 6.26. The minimum Gasteiger partial charge on any atom is -0.426 e. The molecule has 12 heteroatoms. The average molecular weight is 510 g/mol. The lowest BCUT2D eigenvalue weighted by molar-refractivity contribution is -0.308. The van der Waals surface area contributed by atoms with Gasteiger partial charge in [-0.25, -0.2) is 9.78 Å². The summed E-state index contributed by atoms with van der Waals surface area (Å²) in [5.41, 5.74) is 1.19. The fourth-order valence-corrected chi connectivity index (χ4v) is 5.07. The van der Waals surface area contributed by atoms with Gasteiger partial charge in [-0.3, -0.25) is 4.90 Å². The Labute approximate surface area is 196 Å². The number of hydrogen-bond acceptors (Lipinski definition) is 4. The quantitative estimate of drug-likeness (QED) is 0.480. The molecule has 2 aromatic rings. The number of hydrogen-bond donors (Lipinski definition) is 0. The van der Waals surface area contributed by atoms with Crippen molar-refractivity contribution in [1.82, 2.24) is 14.8 Å². The molecule has 1 aromatic carbocycles. The Morgan fingerprint density at radius 1 is 1.03 bits per heavy atom. The molecule has 0 bridgehead atoms. The first-order valence-electron chi connectivity index (χ1n) is 10.8. The molecular formula is C22H22ClF6N3O2. The molecule has 2 aliphatic heterocycles. The topological polar surface area (TPSA) is 45.7 Å². The van der Waals surface area contributed by atoms with Crippen molar-refractivity contribution in [1.29, 1.82) is 0 Å². The highest BCUT2D eigenvalue weighted by atomic mass is 35.5. The van der Waals surface area contributed by atoms with Crippen LogP contribution in [-0.4, -0.2) is 64.5 Å². The van der Waals surface area contributed by atoms with Crippen LogP contribution in [0.15, 0.2) is 30.3 Å². The van der Waals surface area contributed by atoms with Gasteiger partial charge in [0, 0.05) is 30.6 Å². The van der Waals surface area contributed by atoms with Crippen LogP contribution < -0.4 is 0 Å². The van der Waals surface area contributed by atoms with Gasteiger partial charge < -0.3 is 9.64 Å². The summed E-state index contributed by atoms with van der Waals surface area (Å²) in [7, 11) is 0. The molecule has 2 saturated heterocycles. The third kappa shape index (κ3) is 5.05. The van der Waals surface area contributed by atoms with E-state index >= 15 is 0 Å². The maximum Gasteiger partial charge on any atom is 0.434 e. The third-order valence-electron chi connectivity index (χ3n) is 6.59. The van der Waals surface area contributed by atoms with Crippen LogP contribution in [0.1, 0.15) is 31.4 Å². The van der Waals surface area contributed by atoms with E-state index < -0.39 is 24.5 Å². The van der Waals surface area contributed by atoms with E-state index in [1.807, 2.05) is 24.3 Å². The highest BCUT2D eigenvalue weighted by Crippen LogP contribution is 2.40. The lowest BCUT2D eigenvalue weighted by Crippen LogP contribution is -2.54. The summed E-state index contributed by atoms with van der Waals surface area (Å²) in [6, 6.07) is 9.35. The molecule has 1 spiro atoms. The number of nitrogens with zero attached hydrogens (tertiary/aromatic N) is 3. The number of fused-ring (bicyclic) bond motifs is 1. The van der Waals surface area contributed by atoms with Crippen LogP contribution in [0.3, 0.4) is 0 Å². The van der Waals surface area contributed by atoms with E-state index in [4.69, 9.17) is 11.6 Å². The molecule has 0 radical (unpaired) electrons. The van der Waals surface area contributed by atoms with E-state index in [0.717, 1.165) is 35.4 Å². The van der Waals surface area contributed by atoms with Gasteiger partial charge in [-0.1, -0.05) is 29.8 Å². The first kappa shape index (κ1) is 24.8. The number of benzene rings is 1. The minimum atomic E-state index is -5.73. The van der Waals surface area contributed by atoms with E-state index in [-0.39, 0.29) is 18.6 Å². The lowest BCUT2D eigenvalue weighted by atomic mass is 9.85. The Morgan fingerprint density at radius 3 is 2.35 bits per heavy atom. The highest BCUT2D eigenvalue weighted by molar-refractivity contribution is 6.35. The number of amides is 1. The molecule has 0 aliphatic carbocycles. The Bertz CT molecular complexity index is 1040. The maximum atomic E-state index is 12.7. The zero-order chi connectivity index (χ0) is 24.7. The summed E-state index contributed by atoms with van der Waals surface area (Å²) in [6.07, 6.45) is -14.7. The zero-order valence-electron chi connectivity index (χ0n) is 17.9. The van der Waals surface area contributed by atoms with Crippen molar-refractivity contribution in [3.8, 4) is 0 Å². The first-order valence-corrected chi connectivity index (χ1v) is 11.2. The number of carbonyl (C=O) groups excluding carboxylic acids is 1. The SMILES string of the molecule is O=C(OC(C(F)(F)F)C(F)(F)F)N1CCC2(CCCN2Cc2ccc3cccc(Cl)c3n2)CC1. The summed E-state index contributed by atoms with van der Waals surface area (Å²) in [4.78, 5) is 19.9. The average Bonchev–Trinajstić information content (AvgIpc) is 3.12. The van der Waals surface area contributed by atoms with Crippen molar-refractivity contribution in [3.05, 3.63) is 41.0 Å². The number of aromatic nitrogens is 1. The molecule has 5 nitrogen and oxygen atoms in total. The van der Waals surface area contributed by atoms with Gasteiger partial charge in [-0.2, -0.15) is 26.3 Å². The molecule has 186 valence electrons. The van der Waals surface area contributed by atoms with Crippen molar-refractivity contribution in [2.24, 2.45) is 0 Å².